The lowest BCUT2D eigenvalue weighted by atomic mass is 9.97. The number of amides is 1. The standard InChI is InChI=1S/C21H26N6O2/c1-21(2,3)26(20(28)29)16-5-4-12-25(14-16)19-7-6-18-23-13-17(27(18)24-19)15-8-10-22-11-9-15/h6-11,13,16H,4-5,12,14H2,1-3H3,(H,28,29). The van der Waals surface area contributed by atoms with E-state index in [1.165, 1.54) is 0 Å². The summed E-state index contributed by atoms with van der Waals surface area (Å²) in [4.78, 5) is 24.2. The maximum absolute atomic E-state index is 11.9. The second kappa shape index (κ2) is 7.35. The van der Waals surface area contributed by atoms with Gasteiger partial charge in [0.1, 0.15) is 5.82 Å². The first kappa shape index (κ1) is 19.2. The molecule has 0 aliphatic carbocycles. The first-order valence-electron chi connectivity index (χ1n) is 9.87. The highest BCUT2D eigenvalue weighted by Gasteiger charge is 2.36. The van der Waals surface area contributed by atoms with Gasteiger partial charge >= 0.3 is 6.09 Å². The minimum atomic E-state index is -0.873. The van der Waals surface area contributed by atoms with Crippen molar-refractivity contribution < 1.29 is 9.90 Å². The molecular formula is C21H26N6O2. The molecule has 0 spiro atoms. The Hall–Kier alpha value is -3.16. The smallest absolute Gasteiger partial charge is 0.408 e. The summed E-state index contributed by atoms with van der Waals surface area (Å²) in [6.07, 6.45) is 6.22. The zero-order chi connectivity index (χ0) is 20.6. The van der Waals surface area contributed by atoms with Crippen molar-refractivity contribution in [3.63, 3.8) is 0 Å². The molecule has 1 unspecified atom stereocenters. The minimum Gasteiger partial charge on any atom is -0.465 e. The van der Waals surface area contributed by atoms with E-state index in [2.05, 4.69) is 14.9 Å². The van der Waals surface area contributed by atoms with Crippen LogP contribution in [0.1, 0.15) is 33.6 Å². The van der Waals surface area contributed by atoms with Crippen LogP contribution in [0.5, 0.6) is 0 Å². The van der Waals surface area contributed by atoms with Gasteiger partial charge in [0, 0.05) is 36.6 Å². The van der Waals surface area contributed by atoms with Gasteiger partial charge in [0.05, 0.1) is 17.9 Å². The van der Waals surface area contributed by atoms with Crippen molar-refractivity contribution in [2.45, 2.75) is 45.2 Å². The van der Waals surface area contributed by atoms with Crippen molar-refractivity contribution in [2.24, 2.45) is 0 Å². The number of carbonyl (C=O) groups is 1. The lowest BCUT2D eigenvalue weighted by Crippen LogP contribution is -2.57. The second-order valence-electron chi connectivity index (χ2n) is 8.41. The number of rotatable bonds is 3. The van der Waals surface area contributed by atoms with Crippen LogP contribution in [0.2, 0.25) is 0 Å². The van der Waals surface area contributed by atoms with Gasteiger partial charge in [-0.05, 0) is 57.9 Å². The van der Waals surface area contributed by atoms with Gasteiger partial charge in [-0.3, -0.25) is 9.88 Å². The maximum atomic E-state index is 11.9. The fourth-order valence-corrected chi connectivity index (χ4v) is 4.12. The zero-order valence-corrected chi connectivity index (χ0v) is 17.0. The third-order valence-corrected chi connectivity index (χ3v) is 5.34. The molecule has 8 heteroatoms. The molecule has 3 aromatic heterocycles. The van der Waals surface area contributed by atoms with Gasteiger partial charge in [-0.15, -0.1) is 5.10 Å². The van der Waals surface area contributed by atoms with Crippen LogP contribution in [0.15, 0.2) is 42.9 Å². The van der Waals surface area contributed by atoms with Gasteiger partial charge in [0.15, 0.2) is 5.65 Å². The number of hydrogen-bond donors (Lipinski definition) is 1. The van der Waals surface area contributed by atoms with Crippen molar-refractivity contribution in [3.8, 4) is 11.3 Å². The highest BCUT2D eigenvalue weighted by Crippen LogP contribution is 2.27. The number of hydrogen-bond acceptors (Lipinski definition) is 5. The molecule has 1 saturated heterocycles. The number of carboxylic acid groups (broad SMARTS) is 1. The molecule has 0 aromatic carbocycles. The SMILES string of the molecule is CC(C)(C)N(C(=O)O)C1CCCN(c2ccc3ncc(-c4ccncc4)n3n2)C1. The number of nitrogens with zero attached hydrogens (tertiary/aromatic N) is 6. The van der Waals surface area contributed by atoms with Crippen LogP contribution in [0.3, 0.4) is 0 Å². The lowest BCUT2D eigenvalue weighted by Gasteiger charge is -2.44. The van der Waals surface area contributed by atoms with Gasteiger partial charge in [0.25, 0.3) is 0 Å². The Morgan fingerprint density at radius 1 is 1.21 bits per heavy atom. The molecular weight excluding hydrogens is 368 g/mol. The minimum absolute atomic E-state index is 0.0683. The molecule has 1 fully saturated rings. The van der Waals surface area contributed by atoms with Crippen molar-refractivity contribution >= 4 is 17.6 Å². The highest BCUT2D eigenvalue weighted by atomic mass is 16.4. The van der Waals surface area contributed by atoms with Crippen LogP contribution in [0.25, 0.3) is 16.9 Å². The van der Waals surface area contributed by atoms with Gasteiger partial charge in [0.2, 0.25) is 0 Å². The first-order valence-corrected chi connectivity index (χ1v) is 9.87. The highest BCUT2D eigenvalue weighted by molar-refractivity contribution is 5.67. The first-order chi connectivity index (χ1) is 13.8. The monoisotopic (exact) mass is 394 g/mol. The topological polar surface area (TPSA) is 86.9 Å². The Morgan fingerprint density at radius 2 is 1.97 bits per heavy atom. The van der Waals surface area contributed by atoms with Gasteiger partial charge in [-0.25, -0.2) is 14.3 Å². The summed E-state index contributed by atoms with van der Waals surface area (Å²) in [7, 11) is 0. The average Bonchev–Trinajstić information content (AvgIpc) is 3.11. The maximum Gasteiger partial charge on any atom is 0.408 e. The van der Waals surface area contributed by atoms with E-state index in [0.717, 1.165) is 42.1 Å². The Bertz CT molecular complexity index is 1010. The fourth-order valence-electron chi connectivity index (χ4n) is 4.12. The van der Waals surface area contributed by atoms with Crippen LogP contribution in [-0.2, 0) is 0 Å². The molecule has 1 aliphatic heterocycles. The van der Waals surface area contributed by atoms with Crippen LogP contribution in [0.4, 0.5) is 10.6 Å². The van der Waals surface area contributed by atoms with Gasteiger partial charge in [-0.1, -0.05) is 0 Å². The van der Waals surface area contributed by atoms with Gasteiger partial charge in [-0.2, -0.15) is 0 Å². The van der Waals surface area contributed by atoms with Crippen molar-refractivity contribution in [1.29, 1.82) is 0 Å². The van der Waals surface area contributed by atoms with E-state index >= 15 is 0 Å². The van der Waals surface area contributed by atoms with Crippen molar-refractivity contribution in [1.82, 2.24) is 24.5 Å². The van der Waals surface area contributed by atoms with Crippen molar-refractivity contribution in [3.05, 3.63) is 42.9 Å². The Balaban J connectivity index is 1.65. The van der Waals surface area contributed by atoms with Crippen LogP contribution in [0, 0.1) is 0 Å². The number of piperidine rings is 1. The average molecular weight is 394 g/mol. The molecule has 4 rings (SSSR count). The molecule has 1 amide bonds. The molecule has 1 atom stereocenters. The number of imidazole rings is 1. The van der Waals surface area contributed by atoms with E-state index in [1.807, 2.05) is 55.7 Å². The molecule has 1 aliphatic rings. The molecule has 8 nitrogen and oxygen atoms in total. The van der Waals surface area contributed by atoms with E-state index in [-0.39, 0.29) is 6.04 Å². The van der Waals surface area contributed by atoms with Crippen molar-refractivity contribution in [2.75, 3.05) is 18.0 Å². The van der Waals surface area contributed by atoms with E-state index in [0.29, 0.717) is 6.54 Å². The zero-order valence-electron chi connectivity index (χ0n) is 17.0. The van der Waals surface area contributed by atoms with E-state index in [9.17, 15) is 9.90 Å². The molecule has 1 N–H and O–H groups in total. The summed E-state index contributed by atoms with van der Waals surface area (Å²) in [5.74, 6) is 0.828. The number of pyridine rings is 1. The second-order valence-corrected chi connectivity index (χ2v) is 8.41. The summed E-state index contributed by atoms with van der Waals surface area (Å²) in [6.45, 7) is 7.30. The molecule has 0 bridgehead atoms. The summed E-state index contributed by atoms with van der Waals surface area (Å²) in [5, 5.41) is 14.6. The fraction of sp³-hybridized carbons (Fsp3) is 0.429. The summed E-state index contributed by atoms with van der Waals surface area (Å²) in [5.41, 5.74) is 2.23. The summed E-state index contributed by atoms with van der Waals surface area (Å²) in [6, 6.07) is 7.71. The predicted octanol–water partition coefficient (Wildman–Crippen LogP) is 3.54. The Labute approximate surface area is 169 Å². The normalized spacial score (nSPS) is 17.5. The Morgan fingerprint density at radius 3 is 2.66 bits per heavy atom. The number of anilines is 1. The molecule has 29 heavy (non-hydrogen) atoms. The van der Waals surface area contributed by atoms with Gasteiger partial charge < -0.3 is 10.0 Å². The van der Waals surface area contributed by atoms with Crippen LogP contribution in [-0.4, -0.2) is 60.4 Å². The summed E-state index contributed by atoms with van der Waals surface area (Å²) >= 11 is 0. The third kappa shape index (κ3) is 3.74. The molecule has 3 aromatic rings. The number of aromatic nitrogens is 4. The third-order valence-electron chi connectivity index (χ3n) is 5.34. The predicted molar refractivity (Wildman–Crippen MR) is 111 cm³/mol. The summed E-state index contributed by atoms with van der Waals surface area (Å²) < 4.78 is 1.84. The lowest BCUT2D eigenvalue weighted by molar-refractivity contribution is 0.0647. The Kier molecular flexibility index (Phi) is 4.86. The molecule has 0 saturated carbocycles. The van der Waals surface area contributed by atoms with E-state index < -0.39 is 11.6 Å². The molecule has 0 radical (unpaired) electrons. The quantitative estimate of drug-likeness (QED) is 0.731. The number of fused-ring (bicyclic) bond motifs is 1. The van der Waals surface area contributed by atoms with E-state index in [4.69, 9.17) is 5.10 Å². The molecule has 152 valence electrons. The van der Waals surface area contributed by atoms with Crippen LogP contribution >= 0.6 is 0 Å². The largest absolute Gasteiger partial charge is 0.465 e. The van der Waals surface area contributed by atoms with Crippen LogP contribution < -0.4 is 4.90 Å². The molecule has 4 heterocycles. The van der Waals surface area contributed by atoms with E-state index in [1.54, 1.807) is 17.3 Å².